The third-order valence-corrected chi connectivity index (χ3v) is 9.97. The van der Waals surface area contributed by atoms with Crippen LogP contribution in [0.3, 0.4) is 0 Å². The Hall–Kier alpha value is -2.44. The van der Waals surface area contributed by atoms with Crippen LogP contribution in [-0.4, -0.2) is 56.4 Å². The molecule has 3 heterocycles. The van der Waals surface area contributed by atoms with Crippen molar-refractivity contribution < 1.29 is 9.00 Å². The summed E-state index contributed by atoms with van der Waals surface area (Å²) in [5, 5.41) is 1.25. The number of hydrogen-bond donors (Lipinski definition) is 0. The molecule has 3 aliphatic rings. The van der Waals surface area contributed by atoms with Gasteiger partial charge in [0.15, 0.2) is 0 Å². The molecule has 1 amide bonds. The summed E-state index contributed by atoms with van der Waals surface area (Å²) in [7, 11) is -0.966. The number of rotatable bonds is 5. The van der Waals surface area contributed by atoms with Crippen LogP contribution < -0.4 is 0 Å². The molecule has 2 aromatic carbocycles. The van der Waals surface area contributed by atoms with Gasteiger partial charge in [-0.25, -0.2) is 0 Å². The topological polar surface area (TPSA) is 45.6 Å². The minimum atomic E-state index is -0.966. The zero-order valence-corrected chi connectivity index (χ0v) is 23.1. The molecular weight excluding hydrogens is 478 g/mol. The molecule has 2 fully saturated rings. The lowest BCUT2D eigenvalue weighted by molar-refractivity contribution is 0.0697. The number of fused-ring (bicyclic) bond motifs is 3. The molecule has 0 bridgehead atoms. The standard InChI is InChI=1S/C31H39N3O2S/c1-22-13-16-32(17-14-22)31(35)24-9-12-29-27(19-24)28-21-33(25-5-3-4-6-25)18-15-30(28)34(29)20-23-7-10-26(11-8-23)37(2)36/h7-12,19,22,25H,3-6,13-18,20-21H2,1-2H3. The van der Waals surface area contributed by atoms with E-state index in [4.69, 9.17) is 0 Å². The fourth-order valence-electron chi connectivity index (χ4n) is 6.73. The number of piperidine rings is 1. The number of likely N-dealkylation sites (tertiary alicyclic amines) is 1. The van der Waals surface area contributed by atoms with Crippen LogP contribution in [-0.2, 0) is 30.3 Å². The number of nitrogens with zero attached hydrogens (tertiary/aromatic N) is 3. The minimum absolute atomic E-state index is 0.182. The fourth-order valence-corrected chi connectivity index (χ4v) is 7.25. The second-order valence-electron chi connectivity index (χ2n) is 11.5. The summed E-state index contributed by atoms with van der Waals surface area (Å²) in [5.41, 5.74) is 6.11. The van der Waals surface area contributed by atoms with Crippen LogP contribution in [0, 0.1) is 5.92 Å². The van der Waals surface area contributed by atoms with E-state index in [-0.39, 0.29) is 5.91 Å². The van der Waals surface area contributed by atoms with Gasteiger partial charge in [-0.15, -0.1) is 0 Å². The van der Waals surface area contributed by atoms with E-state index in [9.17, 15) is 9.00 Å². The lowest BCUT2D eigenvalue weighted by Crippen LogP contribution is -2.38. The van der Waals surface area contributed by atoms with Crippen LogP contribution in [0.4, 0.5) is 0 Å². The van der Waals surface area contributed by atoms with Gasteiger partial charge >= 0.3 is 0 Å². The second kappa shape index (κ2) is 10.4. The molecule has 3 aromatic rings. The predicted octanol–water partition coefficient (Wildman–Crippen LogP) is 5.60. The maximum absolute atomic E-state index is 13.5. The summed E-state index contributed by atoms with van der Waals surface area (Å²) in [5.74, 6) is 0.891. The summed E-state index contributed by atoms with van der Waals surface area (Å²) in [4.78, 5) is 19.1. The van der Waals surface area contributed by atoms with Crippen molar-refractivity contribution in [1.82, 2.24) is 14.4 Å². The van der Waals surface area contributed by atoms with E-state index in [1.54, 1.807) is 6.26 Å². The van der Waals surface area contributed by atoms with Gasteiger partial charge in [-0.2, -0.15) is 0 Å². The van der Waals surface area contributed by atoms with Gasteiger partial charge < -0.3 is 9.47 Å². The van der Waals surface area contributed by atoms with Gasteiger partial charge in [0.05, 0.1) is 0 Å². The number of hydrogen-bond acceptors (Lipinski definition) is 3. The van der Waals surface area contributed by atoms with Gasteiger partial charge in [0.1, 0.15) is 0 Å². The largest absolute Gasteiger partial charge is 0.340 e. The smallest absolute Gasteiger partial charge is 0.253 e. The van der Waals surface area contributed by atoms with Crippen molar-refractivity contribution >= 4 is 27.6 Å². The van der Waals surface area contributed by atoms with Crippen molar-refractivity contribution in [1.29, 1.82) is 0 Å². The number of carbonyl (C=O) groups excluding carboxylic acids is 1. The summed E-state index contributed by atoms with van der Waals surface area (Å²) < 4.78 is 14.3. The lowest BCUT2D eigenvalue weighted by Gasteiger charge is -2.33. The molecule has 1 unspecified atom stereocenters. The van der Waals surface area contributed by atoms with Crippen LogP contribution in [0.25, 0.3) is 10.9 Å². The summed E-state index contributed by atoms with van der Waals surface area (Å²) >= 11 is 0. The summed E-state index contributed by atoms with van der Waals surface area (Å²) in [6.45, 7) is 6.91. The Kier molecular flexibility index (Phi) is 6.97. The lowest BCUT2D eigenvalue weighted by atomic mass is 9.98. The molecule has 1 aliphatic carbocycles. The molecule has 37 heavy (non-hydrogen) atoms. The molecular formula is C31H39N3O2S. The molecule has 2 aliphatic heterocycles. The zero-order chi connectivity index (χ0) is 25.5. The SMILES string of the molecule is CC1CCN(C(=O)c2ccc3c(c2)c2c(n3Cc3ccc(S(C)=O)cc3)CCN(C3CCCC3)C2)CC1. The third kappa shape index (κ3) is 4.90. The Morgan fingerprint density at radius 3 is 2.41 bits per heavy atom. The summed E-state index contributed by atoms with van der Waals surface area (Å²) in [6, 6.07) is 15.3. The van der Waals surface area contributed by atoms with Gasteiger partial charge in [-0.1, -0.05) is 31.9 Å². The van der Waals surface area contributed by atoms with E-state index < -0.39 is 10.8 Å². The summed E-state index contributed by atoms with van der Waals surface area (Å²) in [6.07, 6.45) is 10.3. The Balaban J connectivity index is 1.37. The molecule has 0 spiro atoms. The van der Waals surface area contributed by atoms with E-state index in [1.165, 1.54) is 53.4 Å². The van der Waals surface area contributed by atoms with Crippen LogP contribution in [0.5, 0.6) is 0 Å². The molecule has 1 saturated carbocycles. The highest BCUT2D eigenvalue weighted by molar-refractivity contribution is 7.84. The van der Waals surface area contributed by atoms with Gasteiger partial charge in [0, 0.05) is 89.3 Å². The van der Waals surface area contributed by atoms with Crippen molar-refractivity contribution in [2.45, 2.75) is 75.9 Å². The molecule has 1 atom stereocenters. The second-order valence-corrected chi connectivity index (χ2v) is 12.9. The molecule has 5 nitrogen and oxygen atoms in total. The Labute approximate surface area is 223 Å². The Morgan fingerprint density at radius 2 is 1.70 bits per heavy atom. The highest BCUT2D eigenvalue weighted by Gasteiger charge is 2.30. The van der Waals surface area contributed by atoms with Crippen molar-refractivity contribution in [2.75, 3.05) is 25.9 Å². The molecule has 0 radical (unpaired) electrons. The van der Waals surface area contributed by atoms with Gasteiger partial charge in [0.2, 0.25) is 0 Å². The fraction of sp³-hybridized carbons (Fsp3) is 0.516. The zero-order valence-electron chi connectivity index (χ0n) is 22.2. The number of aromatic nitrogens is 1. The molecule has 6 rings (SSSR count). The molecule has 196 valence electrons. The van der Waals surface area contributed by atoms with Gasteiger partial charge in [-0.05, 0) is 73.1 Å². The highest BCUT2D eigenvalue weighted by atomic mass is 32.2. The first-order valence-corrected chi connectivity index (χ1v) is 15.6. The van der Waals surface area contributed by atoms with Crippen LogP contribution in [0.1, 0.15) is 72.6 Å². The highest BCUT2D eigenvalue weighted by Crippen LogP contribution is 2.36. The quantitative estimate of drug-likeness (QED) is 0.443. The number of carbonyl (C=O) groups is 1. The molecule has 1 saturated heterocycles. The average molecular weight is 518 g/mol. The Bertz CT molecular complexity index is 1310. The first-order valence-electron chi connectivity index (χ1n) is 14.1. The van der Waals surface area contributed by atoms with E-state index in [0.717, 1.165) is 62.4 Å². The maximum atomic E-state index is 13.5. The van der Waals surface area contributed by atoms with Crippen LogP contribution >= 0.6 is 0 Å². The van der Waals surface area contributed by atoms with Crippen molar-refractivity contribution in [3.05, 3.63) is 64.8 Å². The van der Waals surface area contributed by atoms with Crippen LogP contribution in [0.15, 0.2) is 47.4 Å². The van der Waals surface area contributed by atoms with E-state index in [0.29, 0.717) is 12.0 Å². The van der Waals surface area contributed by atoms with E-state index >= 15 is 0 Å². The number of amides is 1. The van der Waals surface area contributed by atoms with Crippen molar-refractivity contribution in [2.24, 2.45) is 5.92 Å². The predicted molar refractivity (Wildman–Crippen MR) is 150 cm³/mol. The average Bonchev–Trinajstić information content (AvgIpc) is 3.56. The van der Waals surface area contributed by atoms with Crippen molar-refractivity contribution in [3.63, 3.8) is 0 Å². The Morgan fingerprint density at radius 1 is 0.973 bits per heavy atom. The number of benzene rings is 2. The molecule has 0 N–H and O–H groups in total. The minimum Gasteiger partial charge on any atom is -0.340 e. The van der Waals surface area contributed by atoms with Gasteiger partial charge in [-0.3, -0.25) is 13.9 Å². The third-order valence-electron chi connectivity index (χ3n) is 9.04. The van der Waals surface area contributed by atoms with Gasteiger partial charge in [0.25, 0.3) is 5.91 Å². The monoisotopic (exact) mass is 517 g/mol. The van der Waals surface area contributed by atoms with Crippen molar-refractivity contribution in [3.8, 4) is 0 Å². The first-order chi connectivity index (χ1) is 18.0. The maximum Gasteiger partial charge on any atom is 0.253 e. The molecule has 1 aromatic heterocycles. The molecule has 6 heteroatoms. The van der Waals surface area contributed by atoms with E-state index in [2.05, 4.69) is 45.6 Å². The normalized spacial score (nSPS) is 20.4. The first kappa shape index (κ1) is 24.9. The van der Waals surface area contributed by atoms with E-state index in [1.807, 2.05) is 18.2 Å². The van der Waals surface area contributed by atoms with Crippen LogP contribution in [0.2, 0.25) is 0 Å².